The van der Waals surface area contributed by atoms with E-state index in [0.717, 1.165) is 0 Å². The fourth-order valence-electron chi connectivity index (χ4n) is 1.71. The molecule has 0 aromatic rings. The quantitative estimate of drug-likeness (QED) is 0.567. The summed E-state index contributed by atoms with van der Waals surface area (Å²) in [6.07, 6.45) is -2.43. The van der Waals surface area contributed by atoms with E-state index in [1.165, 1.54) is 0 Å². The maximum absolute atomic E-state index is 9.60. The molecule has 2 aliphatic rings. The highest BCUT2D eigenvalue weighted by Gasteiger charge is 2.53. The maximum Gasteiger partial charge on any atom is 0.190 e. The molecular weight excluding hydrogens is 176 g/mol. The van der Waals surface area contributed by atoms with Crippen molar-refractivity contribution < 1.29 is 24.4 Å². The molecular formula is C8H14O5. The number of aliphatic hydroxyl groups excluding tert-OH is 2. The first-order valence-electron chi connectivity index (χ1n) is 4.33. The topological polar surface area (TPSA) is 68.2 Å². The molecule has 5 heteroatoms. The van der Waals surface area contributed by atoms with Gasteiger partial charge in [-0.05, 0) is 13.8 Å². The molecule has 2 fully saturated rings. The molecule has 0 aliphatic carbocycles. The molecule has 0 spiro atoms. The summed E-state index contributed by atoms with van der Waals surface area (Å²) in [6.45, 7) is 3.30. The Morgan fingerprint density at radius 3 is 2.54 bits per heavy atom. The van der Waals surface area contributed by atoms with Crippen molar-refractivity contribution in [1.82, 2.24) is 0 Å². The highest BCUT2D eigenvalue weighted by atomic mass is 16.8. The molecule has 0 aromatic heterocycles. The third-order valence-corrected chi connectivity index (χ3v) is 2.29. The van der Waals surface area contributed by atoms with Gasteiger partial charge in [-0.3, -0.25) is 0 Å². The van der Waals surface area contributed by atoms with Gasteiger partial charge in [0.25, 0.3) is 0 Å². The first kappa shape index (κ1) is 9.36. The number of rotatable bonds is 1. The first-order chi connectivity index (χ1) is 6.03. The van der Waals surface area contributed by atoms with E-state index in [4.69, 9.17) is 19.3 Å². The van der Waals surface area contributed by atoms with Crippen LogP contribution < -0.4 is 0 Å². The van der Waals surface area contributed by atoms with E-state index in [2.05, 4.69) is 0 Å². The van der Waals surface area contributed by atoms with Gasteiger partial charge in [0.1, 0.15) is 18.3 Å². The SMILES string of the molecule is CC1(C)O[C@H]2O[C@H](CO)[C@H](O)[C@@H]2O1. The van der Waals surface area contributed by atoms with Crippen LogP contribution in [0.5, 0.6) is 0 Å². The van der Waals surface area contributed by atoms with Crippen molar-refractivity contribution in [3.63, 3.8) is 0 Å². The average molecular weight is 190 g/mol. The van der Waals surface area contributed by atoms with Gasteiger partial charge in [0, 0.05) is 0 Å². The van der Waals surface area contributed by atoms with Crippen molar-refractivity contribution in [2.45, 2.75) is 44.2 Å². The van der Waals surface area contributed by atoms with Gasteiger partial charge < -0.3 is 24.4 Å². The Balaban J connectivity index is 2.07. The predicted molar refractivity (Wildman–Crippen MR) is 41.8 cm³/mol. The average Bonchev–Trinajstić information content (AvgIpc) is 2.47. The largest absolute Gasteiger partial charge is 0.394 e. The fourth-order valence-corrected chi connectivity index (χ4v) is 1.71. The zero-order valence-electron chi connectivity index (χ0n) is 7.64. The van der Waals surface area contributed by atoms with Crippen LogP contribution in [0.15, 0.2) is 0 Å². The van der Waals surface area contributed by atoms with Crippen LogP contribution in [0.25, 0.3) is 0 Å². The second kappa shape index (κ2) is 2.90. The number of aliphatic hydroxyl groups is 2. The summed E-state index contributed by atoms with van der Waals surface area (Å²) < 4.78 is 16.0. The van der Waals surface area contributed by atoms with Crippen LogP contribution in [-0.2, 0) is 14.2 Å². The molecule has 0 amide bonds. The molecule has 5 nitrogen and oxygen atoms in total. The van der Waals surface area contributed by atoms with Gasteiger partial charge in [-0.15, -0.1) is 0 Å². The Morgan fingerprint density at radius 2 is 2.00 bits per heavy atom. The van der Waals surface area contributed by atoms with Crippen molar-refractivity contribution >= 4 is 0 Å². The lowest BCUT2D eigenvalue weighted by Gasteiger charge is -2.21. The lowest BCUT2D eigenvalue weighted by Crippen LogP contribution is -2.36. The Morgan fingerprint density at radius 1 is 1.31 bits per heavy atom. The highest BCUT2D eigenvalue weighted by molar-refractivity contribution is 4.92. The minimum atomic E-state index is -0.809. The third-order valence-electron chi connectivity index (χ3n) is 2.29. The van der Waals surface area contributed by atoms with E-state index in [0.29, 0.717) is 0 Å². The van der Waals surface area contributed by atoms with Crippen LogP contribution in [0.4, 0.5) is 0 Å². The lowest BCUT2D eigenvalue weighted by atomic mass is 10.1. The van der Waals surface area contributed by atoms with Gasteiger partial charge in [-0.1, -0.05) is 0 Å². The molecule has 13 heavy (non-hydrogen) atoms. The third kappa shape index (κ3) is 1.47. The Bertz CT molecular complexity index is 205. The maximum atomic E-state index is 9.60. The summed E-state index contributed by atoms with van der Waals surface area (Å²) >= 11 is 0. The van der Waals surface area contributed by atoms with Gasteiger partial charge in [-0.2, -0.15) is 0 Å². The summed E-state index contributed by atoms with van der Waals surface area (Å²) in [4.78, 5) is 0. The molecule has 0 unspecified atom stereocenters. The monoisotopic (exact) mass is 190 g/mol. The summed E-state index contributed by atoms with van der Waals surface area (Å²) in [5.74, 6) is -0.712. The number of hydrogen-bond donors (Lipinski definition) is 2. The standard InChI is InChI=1S/C8H14O5/c1-8(2)12-6-5(10)4(3-9)11-7(6)13-8/h4-7,9-10H,3H2,1-2H3/t4-,5+,6+,7-/m1/s1. The van der Waals surface area contributed by atoms with E-state index in [1.54, 1.807) is 13.8 Å². The summed E-state index contributed by atoms with van der Waals surface area (Å²) in [6, 6.07) is 0. The van der Waals surface area contributed by atoms with Crippen LogP contribution in [0.1, 0.15) is 13.8 Å². The van der Waals surface area contributed by atoms with E-state index in [-0.39, 0.29) is 6.61 Å². The molecule has 0 radical (unpaired) electrons. The molecule has 76 valence electrons. The van der Waals surface area contributed by atoms with Gasteiger partial charge in [0.2, 0.25) is 0 Å². The second-order valence-electron chi connectivity index (χ2n) is 3.82. The van der Waals surface area contributed by atoms with Gasteiger partial charge >= 0.3 is 0 Å². The van der Waals surface area contributed by atoms with Crippen LogP contribution in [-0.4, -0.2) is 47.2 Å². The summed E-state index contributed by atoms with van der Waals surface area (Å²) in [7, 11) is 0. The molecule has 2 rings (SSSR count). The van der Waals surface area contributed by atoms with Crippen molar-refractivity contribution in [3.8, 4) is 0 Å². The molecule has 0 aromatic carbocycles. The number of hydrogen-bond acceptors (Lipinski definition) is 5. The normalized spacial score (nSPS) is 48.0. The zero-order chi connectivity index (χ0) is 9.64. The van der Waals surface area contributed by atoms with Crippen LogP contribution in [0, 0.1) is 0 Å². The minimum absolute atomic E-state index is 0.221. The van der Waals surface area contributed by atoms with E-state index in [9.17, 15) is 5.11 Å². The Kier molecular flexibility index (Phi) is 2.08. The van der Waals surface area contributed by atoms with Crippen molar-refractivity contribution in [2.24, 2.45) is 0 Å². The number of fused-ring (bicyclic) bond motifs is 1. The summed E-state index contributed by atoms with van der Waals surface area (Å²) in [5.41, 5.74) is 0. The van der Waals surface area contributed by atoms with Gasteiger partial charge in [0.05, 0.1) is 6.61 Å². The van der Waals surface area contributed by atoms with Gasteiger partial charge in [-0.25, -0.2) is 0 Å². The van der Waals surface area contributed by atoms with Crippen LogP contribution in [0.3, 0.4) is 0 Å². The molecule has 4 atom stereocenters. The zero-order valence-corrected chi connectivity index (χ0v) is 7.64. The molecule has 0 saturated carbocycles. The highest BCUT2D eigenvalue weighted by Crippen LogP contribution is 2.36. The minimum Gasteiger partial charge on any atom is -0.394 e. The second-order valence-corrected chi connectivity index (χ2v) is 3.82. The first-order valence-corrected chi connectivity index (χ1v) is 4.33. The molecule has 2 N–H and O–H groups in total. The van der Waals surface area contributed by atoms with Crippen molar-refractivity contribution in [3.05, 3.63) is 0 Å². The van der Waals surface area contributed by atoms with Crippen molar-refractivity contribution in [2.75, 3.05) is 6.61 Å². The Hall–Kier alpha value is -0.200. The predicted octanol–water partition coefficient (Wildman–Crippen LogP) is -0.784. The van der Waals surface area contributed by atoms with E-state index >= 15 is 0 Å². The molecule has 0 bridgehead atoms. The molecule has 2 saturated heterocycles. The number of ether oxygens (including phenoxy) is 3. The van der Waals surface area contributed by atoms with E-state index in [1.807, 2.05) is 0 Å². The molecule has 2 aliphatic heterocycles. The van der Waals surface area contributed by atoms with Gasteiger partial charge in [0.15, 0.2) is 12.1 Å². The summed E-state index contributed by atoms with van der Waals surface area (Å²) in [5, 5.41) is 18.4. The fraction of sp³-hybridized carbons (Fsp3) is 1.00. The van der Waals surface area contributed by atoms with Crippen LogP contribution in [0.2, 0.25) is 0 Å². The van der Waals surface area contributed by atoms with E-state index < -0.39 is 30.4 Å². The molecule has 2 heterocycles. The smallest absolute Gasteiger partial charge is 0.190 e. The van der Waals surface area contributed by atoms with Crippen LogP contribution >= 0.6 is 0 Å². The Labute approximate surface area is 76.2 Å². The van der Waals surface area contributed by atoms with Crippen molar-refractivity contribution in [1.29, 1.82) is 0 Å². The lowest BCUT2D eigenvalue weighted by molar-refractivity contribution is -0.218.